The average Bonchev–Trinajstić information content (AvgIpc) is 3.42. The topological polar surface area (TPSA) is 78.9 Å². The Morgan fingerprint density at radius 3 is 0.675 bits per heavy atom. The predicted octanol–water partition coefficient (Wildman–Crippen LogP) is 23.8. The number of carbonyl (C=O) groups is 3. The summed E-state index contributed by atoms with van der Waals surface area (Å²) in [5.74, 6) is 1.83. The molecule has 0 aliphatic rings. The van der Waals surface area contributed by atoms with Crippen LogP contribution in [0.1, 0.15) is 401 Å². The molecule has 0 saturated carbocycles. The second-order valence-corrected chi connectivity index (χ2v) is 25.5. The Morgan fingerprint density at radius 2 is 0.455 bits per heavy atom. The number of unbranched alkanes of at least 4 members (excludes halogenated alkanes) is 45. The maximum absolute atomic E-state index is 13.0. The number of hydrogen-bond acceptors (Lipinski definition) is 6. The molecule has 0 heterocycles. The molecule has 0 spiro atoms. The van der Waals surface area contributed by atoms with E-state index in [1.165, 1.54) is 283 Å². The highest BCUT2D eigenvalue weighted by molar-refractivity contribution is 5.71. The summed E-state index contributed by atoms with van der Waals surface area (Å²) in [6.07, 6.45) is 69.6. The van der Waals surface area contributed by atoms with Crippen LogP contribution in [0, 0.1) is 17.8 Å². The maximum atomic E-state index is 13.0. The fourth-order valence-electron chi connectivity index (χ4n) is 11.1. The highest BCUT2D eigenvalue weighted by Crippen LogP contribution is 2.20. The van der Waals surface area contributed by atoms with E-state index in [-0.39, 0.29) is 31.1 Å². The van der Waals surface area contributed by atoms with Crippen molar-refractivity contribution in [2.24, 2.45) is 17.8 Å². The monoisotopic (exact) mass is 1090 g/mol. The summed E-state index contributed by atoms with van der Waals surface area (Å²) >= 11 is 0. The molecule has 0 aromatic heterocycles. The zero-order valence-electron chi connectivity index (χ0n) is 53.3. The van der Waals surface area contributed by atoms with E-state index in [1.807, 2.05) is 0 Å². The van der Waals surface area contributed by atoms with Gasteiger partial charge in [0.2, 0.25) is 0 Å². The summed E-state index contributed by atoms with van der Waals surface area (Å²) in [7, 11) is 0. The molecule has 0 amide bonds. The summed E-state index contributed by atoms with van der Waals surface area (Å²) in [5, 5.41) is 0. The van der Waals surface area contributed by atoms with Gasteiger partial charge in [-0.1, -0.05) is 363 Å². The summed E-state index contributed by atoms with van der Waals surface area (Å²) in [6.45, 7) is 13.9. The van der Waals surface area contributed by atoms with Gasteiger partial charge in [-0.2, -0.15) is 0 Å². The second-order valence-electron chi connectivity index (χ2n) is 25.5. The van der Waals surface area contributed by atoms with Crippen LogP contribution in [0.3, 0.4) is 0 Å². The highest BCUT2D eigenvalue weighted by Gasteiger charge is 2.20. The molecular formula is C71H138O6. The standard InChI is InChI=1S/C71H138O6/c1-7-66(5)58-52-46-40-34-28-22-16-11-9-10-12-18-26-32-38-44-50-56-62-71(74)77-68(64-76-70(73)61-55-49-43-37-31-25-20-19-23-29-35-41-47-53-59-67(6)8-2)63-75-69(72)60-54-48-42-36-30-24-17-14-13-15-21-27-33-39-45-51-57-65(3)4/h65-68H,7-64H2,1-6H3/t66?,67?,68-/m0/s1. The Balaban J connectivity index is 4.29. The fraction of sp³-hybridized carbons (Fsp3) is 0.958. The predicted molar refractivity (Wildman–Crippen MR) is 335 cm³/mol. The van der Waals surface area contributed by atoms with Crippen molar-refractivity contribution in [2.45, 2.75) is 407 Å². The van der Waals surface area contributed by atoms with Crippen LogP contribution in [0.4, 0.5) is 0 Å². The van der Waals surface area contributed by atoms with Gasteiger partial charge in [-0.05, 0) is 37.0 Å². The van der Waals surface area contributed by atoms with Crippen molar-refractivity contribution in [3.05, 3.63) is 0 Å². The van der Waals surface area contributed by atoms with Gasteiger partial charge in [-0.15, -0.1) is 0 Å². The van der Waals surface area contributed by atoms with E-state index in [0.717, 1.165) is 75.5 Å². The van der Waals surface area contributed by atoms with Gasteiger partial charge in [-0.3, -0.25) is 14.4 Å². The Hall–Kier alpha value is -1.59. The van der Waals surface area contributed by atoms with Crippen LogP contribution in [0.15, 0.2) is 0 Å². The van der Waals surface area contributed by atoms with Crippen LogP contribution in [-0.2, 0) is 28.6 Å². The zero-order valence-corrected chi connectivity index (χ0v) is 53.3. The molecule has 0 aliphatic carbocycles. The molecule has 0 N–H and O–H groups in total. The molecule has 0 saturated heterocycles. The number of ether oxygens (including phenoxy) is 3. The van der Waals surface area contributed by atoms with Crippen molar-refractivity contribution >= 4 is 17.9 Å². The van der Waals surface area contributed by atoms with E-state index in [0.29, 0.717) is 19.3 Å². The average molecular weight is 1090 g/mol. The van der Waals surface area contributed by atoms with Gasteiger partial charge in [0, 0.05) is 19.3 Å². The Labute approximate surface area is 482 Å². The molecular weight excluding hydrogens is 949 g/mol. The minimum absolute atomic E-state index is 0.0619. The second kappa shape index (κ2) is 62.0. The van der Waals surface area contributed by atoms with E-state index >= 15 is 0 Å². The van der Waals surface area contributed by atoms with Crippen LogP contribution in [0.25, 0.3) is 0 Å². The van der Waals surface area contributed by atoms with Gasteiger partial charge >= 0.3 is 17.9 Å². The van der Waals surface area contributed by atoms with Crippen LogP contribution in [0.5, 0.6) is 0 Å². The summed E-state index contributed by atoms with van der Waals surface area (Å²) in [6, 6.07) is 0. The molecule has 458 valence electrons. The van der Waals surface area contributed by atoms with Gasteiger partial charge in [0.15, 0.2) is 6.10 Å². The van der Waals surface area contributed by atoms with Crippen molar-refractivity contribution < 1.29 is 28.6 Å². The van der Waals surface area contributed by atoms with Gasteiger partial charge < -0.3 is 14.2 Å². The Bertz CT molecular complexity index is 1200. The summed E-state index contributed by atoms with van der Waals surface area (Å²) in [4.78, 5) is 38.5. The SMILES string of the molecule is CCC(C)CCCCCCCCCCCCCCCCCCCCC(=O)O[C@@H](COC(=O)CCCCCCCCCCCCCCCCCCC(C)C)COC(=O)CCCCCCCCCCCCCCCCC(C)CC. The molecule has 3 atom stereocenters. The smallest absolute Gasteiger partial charge is 0.306 e. The van der Waals surface area contributed by atoms with Crippen molar-refractivity contribution in [1.82, 2.24) is 0 Å². The first kappa shape index (κ1) is 75.4. The lowest BCUT2D eigenvalue weighted by molar-refractivity contribution is -0.167. The van der Waals surface area contributed by atoms with Gasteiger partial charge in [-0.25, -0.2) is 0 Å². The maximum Gasteiger partial charge on any atom is 0.306 e. The third kappa shape index (κ3) is 61.9. The lowest BCUT2D eigenvalue weighted by Crippen LogP contribution is -2.30. The van der Waals surface area contributed by atoms with Crippen molar-refractivity contribution in [3.8, 4) is 0 Å². The van der Waals surface area contributed by atoms with E-state index in [9.17, 15) is 14.4 Å². The van der Waals surface area contributed by atoms with Crippen molar-refractivity contribution in [2.75, 3.05) is 13.2 Å². The number of carbonyl (C=O) groups excluding carboxylic acids is 3. The molecule has 0 bridgehead atoms. The van der Waals surface area contributed by atoms with Crippen LogP contribution in [-0.4, -0.2) is 37.2 Å². The fourth-order valence-corrected chi connectivity index (χ4v) is 11.1. The quantitative estimate of drug-likeness (QED) is 0.0343. The number of hydrogen-bond donors (Lipinski definition) is 0. The molecule has 6 nitrogen and oxygen atoms in total. The minimum Gasteiger partial charge on any atom is -0.462 e. The zero-order chi connectivity index (χ0) is 56.2. The van der Waals surface area contributed by atoms with E-state index < -0.39 is 6.10 Å². The van der Waals surface area contributed by atoms with E-state index in [4.69, 9.17) is 14.2 Å². The molecule has 0 aromatic carbocycles. The van der Waals surface area contributed by atoms with Gasteiger partial charge in [0.1, 0.15) is 13.2 Å². The van der Waals surface area contributed by atoms with Crippen molar-refractivity contribution in [1.29, 1.82) is 0 Å². The van der Waals surface area contributed by atoms with E-state index in [1.54, 1.807) is 0 Å². The van der Waals surface area contributed by atoms with Crippen molar-refractivity contribution in [3.63, 3.8) is 0 Å². The van der Waals surface area contributed by atoms with Gasteiger partial charge in [0.25, 0.3) is 0 Å². The van der Waals surface area contributed by atoms with Gasteiger partial charge in [0.05, 0.1) is 0 Å². The highest BCUT2D eigenvalue weighted by atomic mass is 16.6. The molecule has 0 aromatic rings. The normalized spacial score (nSPS) is 12.8. The summed E-state index contributed by atoms with van der Waals surface area (Å²) < 4.78 is 17.0. The third-order valence-corrected chi connectivity index (χ3v) is 17.1. The molecule has 77 heavy (non-hydrogen) atoms. The number of rotatable bonds is 64. The first-order valence-corrected chi connectivity index (χ1v) is 35.2. The Kier molecular flexibility index (Phi) is 60.7. The molecule has 0 rings (SSSR count). The first-order chi connectivity index (χ1) is 37.7. The molecule has 2 unspecified atom stereocenters. The van der Waals surface area contributed by atoms with E-state index in [2.05, 4.69) is 41.5 Å². The lowest BCUT2D eigenvalue weighted by Gasteiger charge is -2.18. The number of esters is 3. The lowest BCUT2D eigenvalue weighted by atomic mass is 9.99. The minimum atomic E-state index is -0.765. The van der Waals surface area contributed by atoms with Crippen LogP contribution >= 0.6 is 0 Å². The summed E-state index contributed by atoms with van der Waals surface area (Å²) in [5.41, 5.74) is 0. The van der Waals surface area contributed by atoms with Crippen LogP contribution in [0.2, 0.25) is 0 Å². The molecule has 6 heteroatoms. The third-order valence-electron chi connectivity index (χ3n) is 17.1. The van der Waals surface area contributed by atoms with Crippen LogP contribution < -0.4 is 0 Å². The largest absolute Gasteiger partial charge is 0.462 e. The molecule has 0 fully saturated rings. The molecule has 0 aliphatic heterocycles. The first-order valence-electron chi connectivity index (χ1n) is 35.2. The molecule has 0 radical (unpaired) electrons. The Morgan fingerprint density at radius 1 is 0.260 bits per heavy atom.